The molecular weight excluding hydrogens is 384 g/mol. The second-order valence-electron chi connectivity index (χ2n) is 6.55. The van der Waals surface area contributed by atoms with Crippen LogP contribution >= 0.6 is 22.9 Å². The molecule has 0 atom stereocenters. The number of amides is 1. The maximum absolute atomic E-state index is 12.4. The SMILES string of the molecule is Nc1nc(NC(=O)C2CCCCC2)nn1-c1nc(-c2ccc(Cl)cc2)cs1. The fraction of sp³-hybridized carbons (Fsp3) is 0.333. The van der Waals surface area contributed by atoms with Crippen molar-refractivity contribution in [2.45, 2.75) is 32.1 Å². The number of thiazole rings is 1. The Labute approximate surface area is 165 Å². The molecule has 1 aromatic carbocycles. The summed E-state index contributed by atoms with van der Waals surface area (Å²) in [5.41, 5.74) is 7.73. The van der Waals surface area contributed by atoms with E-state index >= 15 is 0 Å². The Morgan fingerprint density at radius 3 is 2.67 bits per heavy atom. The van der Waals surface area contributed by atoms with Gasteiger partial charge in [-0.3, -0.25) is 10.1 Å². The van der Waals surface area contributed by atoms with Crippen LogP contribution in [0.25, 0.3) is 16.4 Å². The minimum Gasteiger partial charge on any atom is -0.368 e. The van der Waals surface area contributed by atoms with Gasteiger partial charge in [0.05, 0.1) is 5.69 Å². The first-order valence-electron chi connectivity index (χ1n) is 8.85. The first-order chi connectivity index (χ1) is 13.1. The van der Waals surface area contributed by atoms with Crippen molar-refractivity contribution in [1.82, 2.24) is 19.7 Å². The number of nitrogens with zero attached hydrogens (tertiary/aromatic N) is 4. The van der Waals surface area contributed by atoms with Crippen LogP contribution in [0.2, 0.25) is 5.02 Å². The van der Waals surface area contributed by atoms with Crippen LogP contribution in [0.15, 0.2) is 29.6 Å². The standard InChI is InChI=1S/C18H19ClN6OS/c19-13-8-6-11(7-9-13)14-10-27-18(21-14)25-16(20)23-17(24-25)22-15(26)12-4-2-1-3-5-12/h6-10,12H,1-5H2,(H3,20,22,23,24,26). The lowest BCUT2D eigenvalue weighted by Gasteiger charge is -2.19. The first-order valence-corrected chi connectivity index (χ1v) is 10.1. The zero-order valence-corrected chi connectivity index (χ0v) is 16.1. The van der Waals surface area contributed by atoms with E-state index in [4.69, 9.17) is 17.3 Å². The summed E-state index contributed by atoms with van der Waals surface area (Å²) in [6.07, 6.45) is 5.21. The molecule has 7 nitrogen and oxygen atoms in total. The molecule has 0 saturated heterocycles. The molecule has 3 aromatic rings. The molecule has 0 unspecified atom stereocenters. The van der Waals surface area contributed by atoms with Crippen LogP contribution in [0.5, 0.6) is 0 Å². The number of nitrogens with two attached hydrogens (primary N) is 1. The van der Waals surface area contributed by atoms with E-state index in [0.717, 1.165) is 36.9 Å². The molecule has 1 saturated carbocycles. The topological polar surface area (TPSA) is 98.7 Å². The van der Waals surface area contributed by atoms with Gasteiger partial charge in [-0.2, -0.15) is 9.67 Å². The number of rotatable bonds is 4. The van der Waals surface area contributed by atoms with Crippen LogP contribution in [0.3, 0.4) is 0 Å². The highest BCUT2D eigenvalue weighted by Crippen LogP contribution is 2.27. The van der Waals surface area contributed by atoms with Crippen LogP contribution in [0.4, 0.5) is 11.9 Å². The summed E-state index contributed by atoms with van der Waals surface area (Å²) < 4.78 is 1.45. The quantitative estimate of drug-likeness (QED) is 0.683. The summed E-state index contributed by atoms with van der Waals surface area (Å²) >= 11 is 7.33. The Bertz CT molecular complexity index is 945. The highest BCUT2D eigenvalue weighted by Gasteiger charge is 2.23. The number of carbonyl (C=O) groups is 1. The maximum Gasteiger partial charge on any atom is 0.251 e. The molecule has 4 rings (SSSR count). The van der Waals surface area contributed by atoms with Crippen molar-refractivity contribution in [1.29, 1.82) is 0 Å². The lowest BCUT2D eigenvalue weighted by molar-refractivity contribution is -0.120. The van der Waals surface area contributed by atoms with Crippen molar-refractivity contribution in [3.05, 3.63) is 34.7 Å². The van der Waals surface area contributed by atoms with E-state index in [-0.39, 0.29) is 23.7 Å². The zero-order valence-electron chi connectivity index (χ0n) is 14.6. The van der Waals surface area contributed by atoms with E-state index in [1.54, 1.807) is 0 Å². The zero-order chi connectivity index (χ0) is 18.8. The first kappa shape index (κ1) is 17.9. The molecule has 1 fully saturated rings. The molecule has 0 spiro atoms. The van der Waals surface area contributed by atoms with Crippen LogP contribution < -0.4 is 11.1 Å². The Balaban J connectivity index is 1.51. The van der Waals surface area contributed by atoms with Crippen LogP contribution in [0.1, 0.15) is 32.1 Å². The molecular formula is C18H19ClN6OS. The van der Waals surface area contributed by atoms with Crippen molar-refractivity contribution < 1.29 is 4.79 Å². The van der Waals surface area contributed by atoms with Gasteiger partial charge in [0, 0.05) is 21.9 Å². The number of halogens is 1. The molecule has 0 aliphatic heterocycles. The van der Waals surface area contributed by atoms with Gasteiger partial charge < -0.3 is 5.73 Å². The Morgan fingerprint density at radius 1 is 1.19 bits per heavy atom. The van der Waals surface area contributed by atoms with E-state index in [2.05, 4.69) is 20.4 Å². The monoisotopic (exact) mass is 402 g/mol. The number of nitrogens with one attached hydrogen (secondary N) is 1. The molecule has 9 heteroatoms. The van der Waals surface area contributed by atoms with E-state index < -0.39 is 0 Å². The van der Waals surface area contributed by atoms with Crippen molar-refractivity contribution in [2.75, 3.05) is 11.1 Å². The lowest BCUT2D eigenvalue weighted by atomic mass is 9.89. The smallest absolute Gasteiger partial charge is 0.251 e. The summed E-state index contributed by atoms with van der Waals surface area (Å²) in [5, 5.41) is 10.3. The van der Waals surface area contributed by atoms with E-state index in [0.29, 0.717) is 10.2 Å². The van der Waals surface area contributed by atoms with Gasteiger partial charge in [0.15, 0.2) is 0 Å². The fourth-order valence-corrected chi connectivity index (χ4v) is 4.13. The van der Waals surface area contributed by atoms with Crippen molar-refractivity contribution in [2.24, 2.45) is 5.92 Å². The Hall–Kier alpha value is -2.45. The number of aromatic nitrogens is 4. The van der Waals surface area contributed by atoms with Gasteiger partial charge in [0.1, 0.15) is 0 Å². The normalized spacial score (nSPS) is 15.0. The third-order valence-corrected chi connectivity index (χ3v) is 5.72. The highest BCUT2D eigenvalue weighted by molar-refractivity contribution is 7.12. The molecule has 1 aliphatic rings. The van der Waals surface area contributed by atoms with Gasteiger partial charge in [0.25, 0.3) is 5.95 Å². The number of anilines is 2. The average Bonchev–Trinajstić information content (AvgIpc) is 3.30. The third-order valence-electron chi connectivity index (χ3n) is 4.66. The van der Waals surface area contributed by atoms with Gasteiger partial charge in [-0.25, -0.2) is 4.98 Å². The Kier molecular flexibility index (Phi) is 5.09. The van der Waals surface area contributed by atoms with E-state index in [9.17, 15) is 4.79 Å². The van der Waals surface area contributed by atoms with E-state index in [1.807, 2.05) is 29.6 Å². The Morgan fingerprint density at radius 2 is 1.93 bits per heavy atom. The molecule has 2 aromatic heterocycles. The summed E-state index contributed by atoms with van der Waals surface area (Å²) in [6, 6.07) is 7.45. The number of carbonyl (C=O) groups excluding carboxylic acids is 1. The van der Waals surface area contributed by atoms with Crippen molar-refractivity contribution in [3.8, 4) is 16.4 Å². The molecule has 0 bridgehead atoms. The second-order valence-corrected chi connectivity index (χ2v) is 7.82. The number of benzene rings is 1. The van der Waals surface area contributed by atoms with Crippen LogP contribution in [-0.2, 0) is 4.79 Å². The molecule has 2 heterocycles. The summed E-state index contributed by atoms with van der Waals surface area (Å²) in [6.45, 7) is 0. The van der Waals surface area contributed by atoms with Crippen molar-refractivity contribution in [3.63, 3.8) is 0 Å². The predicted octanol–water partition coefficient (Wildman–Crippen LogP) is 4.15. The highest BCUT2D eigenvalue weighted by atomic mass is 35.5. The minimum absolute atomic E-state index is 0.0308. The summed E-state index contributed by atoms with van der Waals surface area (Å²) in [7, 11) is 0. The predicted molar refractivity (Wildman–Crippen MR) is 107 cm³/mol. The average molecular weight is 403 g/mol. The van der Waals surface area contributed by atoms with E-state index in [1.165, 1.54) is 22.4 Å². The third kappa shape index (κ3) is 3.96. The maximum atomic E-state index is 12.4. The largest absolute Gasteiger partial charge is 0.368 e. The van der Waals surface area contributed by atoms with Crippen LogP contribution in [0, 0.1) is 5.92 Å². The molecule has 3 N–H and O–H groups in total. The minimum atomic E-state index is -0.0344. The summed E-state index contributed by atoms with van der Waals surface area (Å²) in [5.74, 6) is 0.397. The molecule has 27 heavy (non-hydrogen) atoms. The molecule has 140 valence electrons. The van der Waals surface area contributed by atoms with Gasteiger partial charge in [-0.1, -0.05) is 43.0 Å². The lowest BCUT2D eigenvalue weighted by Crippen LogP contribution is -2.25. The van der Waals surface area contributed by atoms with Crippen molar-refractivity contribution >= 4 is 40.7 Å². The van der Waals surface area contributed by atoms with Crippen LogP contribution in [-0.4, -0.2) is 25.7 Å². The van der Waals surface area contributed by atoms with Gasteiger partial charge in [-0.05, 0) is 25.0 Å². The molecule has 1 aliphatic carbocycles. The van der Waals surface area contributed by atoms with Gasteiger partial charge >= 0.3 is 0 Å². The number of nitrogen functional groups attached to an aromatic ring is 1. The summed E-state index contributed by atoms with van der Waals surface area (Å²) in [4.78, 5) is 21.1. The van der Waals surface area contributed by atoms with Gasteiger partial charge in [-0.15, -0.1) is 16.4 Å². The second kappa shape index (κ2) is 7.66. The number of hydrogen-bond donors (Lipinski definition) is 2. The number of hydrogen-bond acceptors (Lipinski definition) is 6. The molecule has 0 radical (unpaired) electrons. The van der Waals surface area contributed by atoms with Gasteiger partial charge in [0.2, 0.25) is 17.0 Å². The molecule has 1 amide bonds. The fourth-order valence-electron chi connectivity index (χ4n) is 3.21.